The SMILES string of the molecule is NC1CCCN(C(=O)CCc2ccc(OC(F)(F)F)cc2)C1. The molecule has 1 amide bonds. The van der Waals surface area contributed by atoms with Gasteiger partial charge in [0, 0.05) is 25.6 Å². The van der Waals surface area contributed by atoms with E-state index in [-0.39, 0.29) is 17.7 Å². The van der Waals surface area contributed by atoms with Crippen molar-refractivity contribution in [1.82, 2.24) is 4.90 Å². The Morgan fingerprint density at radius 2 is 2.00 bits per heavy atom. The fraction of sp³-hybridized carbons (Fsp3) is 0.533. The van der Waals surface area contributed by atoms with Gasteiger partial charge in [0.25, 0.3) is 0 Å². The molecule has 1 atom stereocenters. The van der Waals surface area contributed by atoms with Gasteiger partial charge in [0.15, 0.2) is 0 Å². The van der Waals surface area contributed by atoms with Gasteiger partial charge in [-0.05, 0) is 37.0 Å². The Morgan fingerprint density at radius 1 is 1.32 bits per heavy atom. The highest BCUT2D eigenvalue weighted by atomic mass is 19.4. The second kappa shape index (κ2) is 7.00. The maximum atomic E-state index is 12.1. The van der Waals surface area contributed by atoms with Crippen LogP contribution in [0.1, 0.15) is 24.8 Å². The topological polar surface area (TPSA) is 55.6 Å². The van der Waals surface area contributed by atoms with E-state index in [4.69, 9.17) is 5.73 Å². The van der Waals surface area contributed by atoms with Crippen molar-refractivity contribution >= 4 is 5.91 Å². The van der Waals surface area contributed by atoms with E-state index in [1.54, 1.807) is 4.90 Å². The Kier molecular flexibility index (Phi) is 5.28. The van der Waals surface area contributed by atoms with Gasteiger partial charge in [-0.15, -0.1) is 13.2 Å². The molecule has 1 aromatic rings. The van der Waals surface area contributed by atoms with E-state index < -0.39 is 6.36 Å². The number of carbonyl (C=O) groups is 1. The summed E-state index contributed by atoms with van der Waals surface area (Å²) in [4.78, 5) is 13.8. The van der Waals surface area contributed by atoms with E-state index in [0.717, 1.165) is 24.9 Å². The normalized spacial score (nSPS) is 19.1. The Morgan fingerprint density at radius 3 is 2.59 bits per heavy atom. The molecule has 0 spiro atoms. The lowest BCUT2D eigenvalue weighted by atomic mass is 10.0. The molecule has 0 aliphatic carbocycles. The number of hydrogen-bond acceptors (Lipinski definition) is 3. The summed E-state index contributed by atoms with van der Waals surface area (Å²) >= 11 is 0. The number of rotatable bonds is 4. The number of ether oxygens (including phenoxy) is 1. The molecule has 1 aliphatic heterocycles. The Labute approximate surface area is 127 Å². The van der Waals surface area contributed by atoms with Crippen LogP contribution < -0.4 is 10.5 Å². The van der Waals surface area contributed by atoms with E-state index in [0.29, 0.717) is 19.4 Å². The van der Waals surface area contributed by atoms with E-state index >= 15 is 0 Å². The van der Waals surface area contributed by atoms with Gasteiger partial charge in [-0.2, -0.15) is 0 Å². The number of benzene rings is 1. The number of alkyl halides is 3. The van der Waals surface area contributed by atoms with Crippen LogP contribution in [0.15, 0.2) is 24.3 Å². The van der Waals surface area contributed by atoms with Crippen LogP contribution in [0.25, 0.3) is 0 Å². The molecular weight excluding hydrogens is 297 g/mol. The summed E-state index contributed by atoms with van der Waals surface area (Å²) < 4.78 is 40.0. The minimum atomic E-state index is -4.69. The number of aryl methyl sites for hydroxylation is 1. The number of piperidine rings is 1. The van der Waals surface area contributed by atoms with E-state index in [1.165, 1.54) is 24.3 Å². The number of likely N-dealkylation sites (tertiary alicyclic amines) is 1. The van der Waals surface area contributed by atoms with Gasteiger partial charge in [-0.1, -0.05) is 12.1 Å². The van der Waals surface area contributed by atoms with Gasteiger partial charge in [0.1, 0.15) is 5.75 Å². The smallest absolute Gasteiger partial charge is 0.406 e. The molecule has 122 valence electrons. The third kappa shape index (κ3) is 5.22. The fourth-order valence-electron chi connectivity index (χ4n) is 2.50. The van der Waals surface area contributed by atoms with E-state index in [1.807, 2.05) is 0 Å². The highest BCUT2D eigenvalue weighted by molar-refractivity contribution is 5.76. The monoisotopic (exact) mass is 316 g/mol. The van der Waals surface area contributed by atoms with Crippen molar-refractivity contribution in [3.8, 4) is 5.75 Å². The van der Waals surface area contributed by atoms with Gasteiger partial charge in [-0.25, -0.2) is 0 Å². The molecule has 2 N–H and O–H groups in total. The quantitative estimate of drug-likeness (QED) is 0.928. The zero-order chi connectivity index (χ0) is 16.2. The number of nitrogens with two attached hydrogens (primary N) is 1. The van der Waals surface area contributed by atoms with Crippen molar-refractivity contribution in [1.29, 1.82) is 0 Å². The lowest BCUT2D eigenvalue weighted by Crippen LogP contribution is -2.45. The third-order valence-corrected chi connectivity index (χ3v) is 3.60. The molecule has 4 nitrogen and oxygen atoms in total. The summed E-state index contributed by atoms with van der Waals surface area (Å²) in [6.45, 7) is 1.31. The Hall–Kier alpha value is -1.76. The van der Waals surface area contributed by atoms with Crippen LogP contribution in [0.4, 0.5) is 13.2 Å². The average molecular weight is 316 g/mol. The standard InChI is InChI=1S/C15H19F3N2O2/c16-15(17,18)22-13-6-3-11(4-7-13)5-8-14(21)20-9-1-2-12(19)10-20/h3-4,6-7,12H,1-2,5,8-10,19H2. The number of nitrogens with zero attached hydrogens (tertiary/aromatic N) is 1. The van der Waals surface area contributed by atoms with Gasteiger partial charge < -0.3 is 15.4 Å². The van der Waals surface area contributed by atoms with Gasteiger partial charge in [0.2, 0.25) is 5.91 Å². The van der Waals surface area contributed by atoms with Crippen LogP contribution in [-0.2, 0) is 11.2 Å². The summed E-state index contributed by atoms with van der Waals surface area (Å²) in [6, 6.07) is 5.62. The van der Waals surface area contributed by atoms with Crippen molar-refractivity contribution in [3.05, 3.63) is 29.8 Å². The van der Waals surface area contributed by atoms with E-state index in [2.05, 4.69) is 4.74 Å². The number of carbonyl (C=O) groups excluding carboxylic acids is 1. The van der Waals surface area contributed by atoms with Gasteiger partial charge >= 0.3 is 6.36 Å². The first-order valence-corrected chi connectivity index (χ1v) is 7.21. The van der Waals surface area contributed by atoms with Crippen LogP contribution in [0.5, 0.6) is 5.75 Å². The molecule has 1 unspecified atom stereocenters. The molecule has 1 aliphatic rings. The molecule has 1 aromatic carbocycles. The molecule has 0 aromatic heterocycles. The lowest BCUT2D eigenvalue weighted by Gasteiger charge is -2.30. The Bertz CT molecular complexity index is 503. The zero-order valence-electron chi connectivity index (χ0n) is 12.1. The first-order valence-electron chi connectivity index (χ1n) is 7.21. The highest BCUT2D eigenvalue weighted by Gasteiger charge is 2.31. The maximum absolute atomic E-state index is 12.1. The first-order chi connectivity index (χ1) is 10.3. The summed E-state index contributed by atoms with van der Waals surface area (Å²) in [5.41, 5.74) is 6.63. The molecule has 1 heterocycles. The minimum Gasteiger partial charge on any atom is -0.406 e. The first kappa shape index (κ1) is 16.6. The number of halogens is 3. The van der Waals surface area contributed by atoms with Crippen molar-refractivity contribution < 1.29 is 22.7 Å². The van der Waals surface area contributed by atoms with Crippen LogP contribution in [0.3, 0.4) is 0 Å². The molecular formula is C15H19F3N2O2. The van der Waals surface area contributed by atoms with Crippen molar-refractivity contribution in [3.63, 3.8) is 0 Å². The Balaban J connectivity index is 1.82. The summed E-state index contributed by atoms with van der Waals surface area (Å²) in [6.07, 6.45) is -2.03. The molecule has 0 radical (unpaired) electrons. The third-order valence-electron chi connectivity index (χ3n) is 3.60. The second-order valence-corrected chi connectivity index (χ2v) is 5.43. The average Bonchev–Trinajstić information content (AvgIpc) is 2.44. The maximum Gasteiger partial charge on any atom is 0.573 e. The predicted octanol–water partition coefficient (Wildman–Crippen LogP) is 2.47. The molecule has 0 bridgehead atoms. The molecule has 1 fully saturated rings. The summed E-state index contributed by atoms with van der Waals surface area (Å²) in [5, 5.41) is 0. The molecule has 2 rings (SSSR count). The summed E-state index contributed by atoms with van der Waals surface area (Å²) in [7, 11) is 0. The van der Waals surface area contributed by atoms with Gasteiger partial charge in [0.05, 0.1) is 0 Å². The predicted molar refractivity (Wildman–Crippen MR) is 75.2 cm³/mol. The fourth-order valence-corrected chi connectivity index (χ4v) is 2.50. The van der Waals surface area contributed by atoms with Gasteiger partial charge in [-0.3, -0.25) is 4.79 Å². The minimum absolute atomic E-state index is 0.0331. The summed E-state index contributed by atoms with van der Waals surface area (Å²) in [5.74, 6) is -0.227. The highest BCUT2D eigenvalue weighted by Crippen LogP contribution is 2.23. The van der Waals surface area contributed by atoms with Crippen molar-refractivity contribution in [2.45, 2.75) is 38.1 Å². The molecule has 7 heteroatoms. The van der Waals surface area contributed by atoms with Crippen LogP contribution in [0, 0.1) is 0 Å². The van der Waals surface area contributed by atoms with Crippen LogP contribution >= 0.6 is 0 Å². The van der Waals surface area contributed by atoms with Crippen molar-refractivity contribution in [2.75, 3.05) is 13.1 Å². The second-order valence-electron chi connectivity index (χ2n) is 5.43. The largest absolute Gasteiger partial charge is 0.573 e. The van der Waals surface area contributed by atoms with Crippen molar-refractivity contribution in [2.24, 2.45) is 5.73 Å². The molecule has 1 saturated heterocycles. The van der Waals surface area contributed by atoms with Crippen LogP contribution in [-0.4, -0.2) is 36.3 Å². The van der Waals surface area contributed by atoms with Crippen LogP contribution in [0.2, 0.25) is 0 Å². The zero-order valence-corrected chi connectivity index (χ0v) is 12.1. The number of hydrogen-bond donors (Lipinski definition) is 1. The number of amides is 1. The molecule has 0 saturated carbocycles. The lowest BCUT2D eigenvalue weighted by molar-refractivity contribution is -0.274. The molecule has 22 heavy (non-hydrogen) atoms. The van der Waals surface area contributed by atoms with E-state index in [9.17, 15) is 18.0 Å².